The van der Waals surface area contributed by atoms with Crippen LogP contribution in [-0.4, -0.2) is 36.1 Å². The maximum atomic E-state index is 12.1. The number of rotatable bonds is 4. The maximum Gasteiger partial charge on any atom is 0.320 e. The molecule has 1 aromatic rings. The average molecular weight is 375 g/mol. The lowest BCUT2D eigenvalue weighted by Crippen LogP contribution is -2.37. The van der Waals surface area contributed by atoms with Crippen LogP contribution in [-0.2, 0) is 14.3 Å². The second kappa shape index (κ2) is 6.23. The van der Waals surface area contributed by atoms with E-state index in [1.807, 2.05) is 46.9 Å². The van der Waals surface area contributed by atoms with E-state index < -0.39 is 0 Å². The van der Waals surface area contributed by atoms with Crippen molar-refractivity contribution in [1.82, 2.24) is 5.32 Å². The number of hydrogen-bond donors (Lipinski definition) is 1. The molecule has 5 nitrogen and oxygen atoms in total. The number of ether oxygens (including phenoxy) is 2. The predicted molar refractivity (Wildman–Crippen MR) is 77.5 cm³/mol. The van der Waals surface area contributed by atoms with Crippen LogP contribution in [0.4, 0.5) is 0 Å². The Morgan fingerprint density at radius 3 is 3.00 bits per heavy atom. The topological polar surface area (TPSA) is 64.6 Å². The summed E-state index contributed by atoms with van der Waals surface area (Å²) < 4.78 is 9.67. The van der Waals surface area contributed by atoms with Crippen LogP contribution in [0.15, 0.2) is 24.3 Å². The van der Waals surface area contributed by atoms with Crippen LogP contribution >= 0.6 is 22.6 Å². The summed E-state index contributed by atoms with van der Waals surface area (Å²) in [4.78, 5) is 23.3. The monoisotopic (exact) mass is 375 g/mol. The van der Waals surface area contributed by atoms with Crippen molar-refractivity contribution in [3.8, 4) is 5.75 Å². The van der Waals surface area contributed by atoms with Gasteiger partial charge in [0, 0.05) is 12.1 Å². The molecule has 0 radical (unpaired) electrons. The Labute approximate surface area is 124 Å². The van der Waals surface area contributed by atoms with E-state index in [2.05, 4.69) is 10.1 Å². The van der Waals surface area contributed by atoms with Gasteiger partial charge in [-0.1, -0.05) is 40.8 Å². The molecule has 1 amide bonds. The fraction of sp³-hybridized carbons (Fsp3) is 0.385. The highest BCUT2D eigenvalue weighted by Gasteiger charge is 2.30. The first-order valence-corrected chi connectivity index (χ1v) is 7.09. The molecular formula is C13H14INO4. The molecule has 0 aliphatic carbocycles. The molecule has 2 unspecified atom stereocenters. The van der Waals surface area contributed by atoms with Gasteiger partial charge in [0.1, 0.15) is 22.2 Å². The molecule has 0 saturated carbocycles. The molecule has 1 aliphatic rings. The van der Waals surface area contributed by atoms with Gasteiger partial charge in [0.05, 0.1) is 7.11 Å². The number of hydrogen-bond acceptors (Lipinski definition) is 4. The maximum absolute atomic E-state index is 12.1. The molecule has 2 atom stereocenters. The van der Waals surface area contributed by atoms with Gasteiger partial charge in [-0.15, -0.1) is 0 Å². The molecule has 0 bridgehead atoms. The van der Waals surface area contributed by atoms with Crippen LogP contribution in [0.2, 0.25) is 0 Å². The quantitative estimate of drug-likeness (QED) is 0.489. The molecule has 0 aromatic heterocycles. The third-order valence-corrected chi connectivity index (χ3v) is 3.88. The van der Waals surface area contributed by atoms with Gasteiger partial charge in [-0.05, 0) is 6.07 Å². The van der Waals surface area contributed by atoms with Crippen LogP contribution in [0.25, 0.3) is 0 Å². The summed E-state index contributed by atoms with van der Waals surface area (Å²) in [6, 6.07) is 7.48. The lowest BCUT2D eigenvalue weighted by atomic mass is 10.0. The standard InChI is InChI=1S/C13H14INO4/c1-18-13(17)10(14)6-15-12(16)9-7-19-11-5-3-2-4-8(9)11/h2-5,9-10H,6-7H2,1H3,(H,15,16). The average Bonchev–Trinajstić information content (AvgIpc) is 2.87. The molecule has 2 rings (SSSR count). The molecule has 1 aromatic carbocycles. The number of para-hydroxylation sites is 1. The Morgan fingerprint density at radius 2 is 2.26 bits per heavy atom. The number of methoxy groups -OCH3 is 1. The van der Waals surface area contributed by atoms with Gasteiger partial charge in [0.15, 0.2) is 0 Å². The number of carbonyl (C=O) groups is 2. The van der Waals surface area contributed by atoms with E-state index in [9.17, 15) is 9.59 Å². The molecule has 1 heterocycles. The zero-order chi connectivity index (χ0) is 13.8. The zero-order valence-corrected chi connectivity index (χ0v) is 12.5. The Hall–Kier alpha value is -1.31. The van der Waals surface area contributed by atoms with Crippen molar-refractivity contribution in [3.63, 3.8) is 0 Å². The van der Waals surface area contributed by atoms with E-state index in [4.69, 9.17) is 4.74 Å². The first-order chi connectivity index (χ1) is 9.13. The van der Waals surface area contributed by atoms with Crippen LogP contribution in [0.3, 0.4) is 0 Å². The number of alkyl halides is 1. The summed E-state index contributed by atoms with van der Waals surface area (Å²) in [5, 5.41) is 2.75. The summed E-state index contributed by atoms with van der Waals surface area (Å²) in [5.41, 5.74) is 0.892. The fourth-order valence-corrected chi connectivity index (χ4v) is 2.38. The van der Waals surface area contributed by atoms with Crippen molar-refractivity contribution in [3.05, 3.63) is 29.8 Å². The van der Waals surface area contributed by atoms with Gasteiger partial charge in [0.2, 0.25) is 5.91 Å². The highest BCUT2D eigenvalue weighted by Crippen LogP contribution is 2.33. The summed E-state index contributed by atoms with van der Waals surface area (Å²) in [5.74, 6) is -0.0291. The van der Waals surface area contributed by atoms with Crippen LogP contribution in [0.1, 0.15) is 11.5 Å². The number of benzene rings is 1. The highest BCUT2D eigenvalue weighted by molar-refractivity contribution is 14.1. The molecule has 0 spiro atoms. The number of halogens is 1. The Balaban J connectivity index is 1.94. The molecule has 0 fully saturated rings. The van der Waals surface area contributed by atoms with Crippen LogP contribution in [0.5, 0.6) is 5.75 Å². The van der Waals surface area contributed by atoms with E-state index >= 15 is 0 Å². The normalized spacial score (nSPS) is 18.1. The van der Waals surface area contributed by atoms with Crippen molar-refractivity contribution in [2.24, 2.45) is 0 Å². The molecule has 1 aliphatic heterocycles. The van der Waals surface area contributed by atoms with Crippen molar-refractivity contribution in [1.29, 1.82) is 0 Å². The summed E-state index contributed by atoms with van der Waals surface area (Å²) in [6.07, 6.45) is 0. The van der Waals surface area contributed by atoms with Crippen LogP contribution in [0, 0.1) is 0 Å². The summed E-state index contributed by atoms with van der Waals surface area (Å²) in [7, 11) is 1.33. The number of nitrogens with one attached hydrogen (secondary N) is 1. The molecule has 6 heteroatoms. The Morgan fingerprint density at radius 1 is 1.53 bits per heavy atom. The first-order valence-electron chi connectivity index (χ1n) is 5.85. The van der Waals surface area contributed by atoms with E-state index in [-0.39, 0.29) is 28.3 Å². The van der Waals surface area contributed by atoms with E-state index in [0.29, 0.717) is 6.61 Å². The number of esters is 1. The van der Waals surface area contributed by atoms with Crippen molar-refractivity contribution >= 4 is 34.5 Å². The molecule has 0 saturated heterocycles. The SMILES string of the molecule is COC(=O)C(I)CNC(=O)C1COc2ccccc21. The lowest BCUT2D eigenvalue weighted by molar-refractivity contribution is -0.139. The Kier molecular flexibility index (Phi) is 4.62. The van der Waals surface area contributed by atoms with E-state index in [0.717, 1.165) is 11.3 Å². The lowest BCUT2D eigenvalue weighted by Gasteiger charge is -2.12. The van der Waals surface area contributed by atoms with Gasteiger partial charge >= 0.3 is 5.97 Å². The van der Waals surface area contributed by atoms with Crippen molar-refractivity contribution in [2.45, 2.75) is 9.84 Å². The van der Waals surface area contributed by atoms with Crippen LogP contribution < -0.4 is 10.1 Å². The van der Waals surface area contributed by atoms with Crippen molar-refractivity contribution < 1.29 is 19.1 Å². The van der Waals surface area contributed by atoms with Crippen molar-refractivity contribution in [2.75, 3.05) is 20.3 Å². The number of carbonyl (C=O) groups excluding carboxylic acids is 2. The third-order valence-electron chi connectivity index (χ3n) is 2.93. The second-order valence-corrected chi connectivity index (χ2v) is 5.64. The molecule has 102 valence electrons. The Bertz CT molecular complexity index is 491. The predicted octanol–water partition coefficient (Wildman–Crippen LogP) is 1.26. The second-order valence-electron chi connectivity index (χ2n) is 4.14. The summed E-state index contributed by atoms with van der Waals surface area (Å²) in [6.45, 7) is 0.597. The largest absolute Gasteiger partial charge is 0.492 e. The van der Waals surface area contributed by atoms with Gasteiger partial charge in [0.25, 0.3) is 0 Å². The van der Waals surface area contributed by atoms with E-state index in [1.165, 1.54) is 7.11 Å². The minimum absolute atomic E-state index is 0.129. The van der Waals surface area contributed by atoms with Gasteiger partial charge in [-0.3, -0.25) is 9.59 Å². The highest BCUT2D eigenvalue weighted by atomic mass is 127. The number of amides is 1. The first kappa shape index (κ1) is 14.1. The third kappa shape index (κ3) is 3.17. The fourth-order valence-electron chi connectivity index (χ4n) is 1.90. The number of fused-ring (bicyclic) bond motifs is 1. The zero-order valence-electron chi connectivity index (χ0n) is 10.4. The molecule has 19 heavy (non-hydrogen) atoms. The smallest absolute Gasteiger partial charge is 0.320 e. The molecular weight excluding hydrogens is 361 g/mol. The van der Waals surface area contributed by atoms with Gasteiger partial charge in [-0.25, -0.2) is 0 Å². The van der Waals surface area contributed by atoms with E-state index in [1.54, 1.807) is 0 Å². The minimum Gasteiger partial charge on any atom is -0.492 e. The minimum atomic E-state index is -0.385. The van der Waals surface area contributed by atoms with Gasteiger partial charge < -0.3 is 14.8 Å². The van der Waals surface area contributed by atoms with Gasteiger partial charge in [-0.2, -0.15) is 0 Å². The summed E-state index contributed by atoms with van der Waals surface area (Å²) >= 11 is 1.94. The molecule has 1 N–H and O–H groups in total.